The zero-order valence-electron chi connectivity index (χ0n) is 21.9. The van der Waals surface area contributed by atoms with E-state index in [9.17, 15) is 13.2 Å². The number of hydrogen-bond donors (Lipinski definition) is 2. The van der Waals surface area contributed by atoms with Crippen molar-refractivity contribution in [3.63, 3.8) is 0 Å². The van der Waals surface area contributed by atoms with Crippen molar-refractivity contribution in [3.05, 3.63) is 95.8 Å². The normalized spacial score (nSPS) is 13.7. The number of rotatable bonds is 11. The molecule has 4 aromatic rings. The second-order valence-electron chi connectivity index (χ2n) is 9.55. The van der Waals surface area contributed by atoms with Crippen LogP contribution in [0.2, 0.25) is 0 Å². The quantitative estimate of drug-likeness (QED) is 0.274. The van der Waals surface area contributed by atoms with Crippen molar-refractivity contribution in [2.75, 3.05) is 23.3 Å². The lowest BCUT2D eigenvalue weighted by atomic mass is 10.1. The van der Waals surface area contributed by atoms with E-state index in [1.807, 2.05) is 72.4 Å². The third-order valence-corrected chi connectivity index (χ3v) is 8.09. The number of amides is 1. The summed E-state index contributed by atoms with van der Waals surface area (Å²) >= 11 is 0. The molecule has 3 heterocycles. The van der Waals surface area contributed by atoms with E-state index in [1.165, 1.54) is 6.07 Å². The summed E-state index contributed by atoms with van der Waals surface area (Å²) < 4.78 is 30.2. The average molecular weight is 545 g/mol. The number of benzene rings is 2. The molecule has 1 amide bonds. The molecule has 0 radical (unpaired) electrons. The van der Waals surface area contributed by atoms with Gasteiger partial charge < -0.3 is 10.2 Å². The molecule has 0 aliphatic carbocycles. The van der Waals surface area contributed by atoms with Gasteiger partial charge in [0.05, 0.1) is 11.4 Å². The van der Waals surface area contributed by atoms with Gasteiger partial charge in [0.1, 0.15) is 5.82 Å². The highest BCUT2D eigenvalue weighted by Crippen LogP contribution is 2.22. The number of pyridine rings is 1. The molecule has 2 N–H and O–H groups in total. The summed E-state index contributed by atoms with van der Waals surface area (Å²) in [6.07, 6.45) is 4.83. The van der Waals surface area contributed by atoms with Crippen LogP contribution in [-0.2, 0) is 27.8 Å². The summed E-state index contributed by atoms with van der Waals surface area (Å²) in [6, 6.07) is 22.6. The molecule has 0 bridgehead atoms. The van der Waals surface area contributed by atoms with Crippen molar-refractivity contribution in [2.24, 2.45) is 0 Å². The molecule has 1 saturated heterocycles. The molecule has 2 aromatic carbocycles. The first-order chi connectivity index (χ1) is 18.9. The third kappa shape index (κ3) is 6.52. The largest absolute Gasteiger partial charge is 0.366 e. The van der Waals surface area contributed by atoms with E-state index in [-0.39, 0.29) is 10.9 Å². The molecule has 39 heavy (non-hydrogen) atoms. The lowest BCUT2D eigenvalue weighted by Crippen LogP contribution is -2.26. The molecule has 0 unspecified atom stereocenters. The molecule has 1 aliphatic heterocycles. The van der Waals surface area contributed by atoms with E-state index in [0.29, 0.717) is 38.2 Å². The number of aryl methyl sites for hydroxylation is 2. The third-order valence-electron chi connectivity index (χ3n) is 6.73. The molecule has 0 saturated carbocycles. The maximum absolute atomic E-state index is 12.9. The number of nitrogens with one attached hydrogen (secondary N) is 2. The van der Waals surface area contributed by atoms with Crippen LogP contribution in [0.1, 0.15) is 36.1 Å². The van der Waals surface area contributed by atoms with Gasteiger partial charge in [-0.1, -0.05) is 36.4 Å². The number of hydrogen-bond acceptors (Lipinski definition) is 6. The first kappa shape index (κ1) is 26.6. The maximum atomic E-state index is 12.9. The lowest BCUT2D eigenvalue weighted by Gasteiger charge is -2.16. The summed E-state index contributed by atoms with van der Waals surface area (Å²) in [5.41, 5.74) is 4.91. The number of carbonyl (C=O) groups is 1. The van der Waals surface area contributed by atoms with Gasteiger partial charge in [-0.15, -0.1) is 0 Å². The molecule has 1 aliphatic rings. The summed E-state index contributed by atoms with van der Waals surface area (Å²) in [5, 5.41) is 7.74. The highest BCUT2D eigenvalue weighted by atomic mass is 32.2. The summed E-state index contributed by atoms with van der Waals surface area (Å²) in [5.74, 6) is 0.631. The van der Waals surface area contributed by atoms with E-state index in [2.05, 4.69) is 20.1 Å². The summed E-state index contributed by atoms with van der Waals surface area (Å²) in [7, 11) is -3.75. The zero-order chi connectivity index (χ0) is 27.2. The highest BCUT2D eigenvalue weighted by Gasteiger charge is 2.21. The van der Waals surface area contributed by atoms with Crippen LogP contribution in [0.25, 0.3) is 5.69 Å². The summed E-state index contributed by atoms with van der Waals surface area (Å²) in [6.45, 7) is 3.50. The molecule has 202 valence electrons. The van der Waals surface area contributed by atoms with Crippen LogP contribution >= 0.6 is 0 Å². The molecule has 10 heteroatoms. The minimum atomic E-state index is -3.75. The Labute approximate surface area is 228 Å². The van der Waals surface area contributed by atoms with Gasteiger partial charge in [0.2, 0.25) is 5.91 Å². The van der Waals surface area contributed by atoms with Crippen LogP contribution in [0.15, 0.2) is 84.0 Å². The second-order valence-corrected chi connectivity index (χ2v) is 11.3. The molecule has 5 rings (SSSR count). The zero-order valence-corrected chi connectivity index (χ0v) is 22.7. The second kappa shape index (κ2) is 11.8. The van der Waals surface area contributed by atoms with Crippen LogP contribution in [-0.4, -0.2) is 42.2 Å². The first-order valence-electron chi connectivity index (χ1n) is 13.1. The van der Waals surface area contributed by atoms with E-state index in [1.54, 1.807) is 17.0 Å². The first-order valence-corrected chi connectivity index (χ1v) is 14.6. The molecular formula is C29H32N6O3S. The van der Waals surface area contributed by atoms with Crippen molar-refractivity contribution in [1.29, 1.82) is 0 Å². The van der Waals surface area contributed by atoms with E-state index < -0.39 is 10.0 Å². The van der Waals surface area contributed by atoms with Crippen LogP contribution in [0.4, 0.5) is 11.5 Å². The van der Waals surface area contributed by atoms with E-state index in [0.717, 1.165) is 41.2 Å². The fourth-order valence-electron chi connectivity index (χ4n) is 4.58. The Morgan fingerprint density at radius 2 is 1.74 bits per heavy atom. The van der Waals surface area contributed by atoms with Crippen LogP contribution in [0.3, 0.4) is 0 Å². The Kier molecular flexibility index (Phi) is 8.04. The number of para-hydroxylation sites is 1. The van der Waals surface area contributed by atoms with Crippen LogP contribution in [0.5, 0.6) is 0 Å². The number of anilines is 2. The molecule has 2 aromatic heterocycles. The standard InChI is InChI=1S/C29H32N6O3S/c1-22-24(21-35(33-22)26-9-3-2-4-10-26)8-6-18-31-39(37,38)28-12-5-11-27(32-28)30-20-23-14-16-25(17-15-23)34-19-7-13-29(34)36/h2-5,9-12,14-17,21,31H,6-8,13,18-20H2,1H3,(H,30,32). The van der Waals surface area contributed by atoms with Crippen LogP contribution in [0, 0.1) is 6.92 Å². The summed E-state index contributed by atoms with van der Waals surface area (Å²) in [4.78, 5) is 18.1. The van der Waals surface area contributed by atoms with Gasteiger partial charge in [0.15, 0.2) is 5.03 Å². The number of aromatic nitrogens is 3. The average Bonchev–Trinajstić information content (AvgIpc) is 3.56. The Morgan fingerprint density at radius 3 is 2.49 bits per heavy atom. The molecular weight excluding hydrogens is 512 g/mol. The number of nitrogens with zero attached hydrogens (tertiary/aromatic N) is 4. The van der Waals surface area contributed by atoms with Gasteiger partial charge in [-0.25, -0.2) is 22.8 Å². The van der Waals surface area contributed by atoms with Crippen molar-refractivity contribution in [2.45, 2.75) is 44.2 Å². The monoisotopic (exact) mass is 544 g/mol. The van der Waals surface area contributed by atoms with Crippen molar-refractivity contribution in [3.8, 4) is 5.69 Å². The number of carbonyl (C=O) groups excluding carboxylic acids is 1. The lowest BCUT2D eigenvalue weighted by molar-refractivity contribution is -0.117. The smallest absolute Gasteiger partial charge is 0.258 e. The SMILES string of the molecule is Cc1nn(-c2ccccc2)cc1CCCNS(=O)(=O)c1cccc(NCc2ccc(N3CCCC3=O)cc2)n1. The Hall–Kier alpha value is -4.02. The molecule has 0 atom stereocenters. The van der Waals surface area contributed by atoms with Crippen molar-refractivity contribution in [1.82, 2.24) is 19.5 Å². The minimum Gasteiger partial charge on any atom is -0.366 e. The van der Waals surface area contributed by atoms with E-state index in [4.69, 9.17) is 0 Å². The fraction of sp³-hybridized carbons (Fsp3) is 0.276. The van der Waals surface area contributed by atoms with Crippen molar-refractivity contribution >= 4 is 27.4 Å². The Balaban J connectivity index is 1.12. The van der Waals surface area contributed by atoms with Crippen molar-refractivity contribution < 1.29 is 13.2 Å². The van der Waals surface area contributed by atoms with Gasteiger partial charge in [0, 0.05) is 37.9 Å². The fourth-order valence-corrected chi connectivity index (χ4v) is 5.62. The molecule has 0 spiro atoms. The Bertz CT molecular complexity index is 1540. The van der Waals surface area contributed by atoms with Gasteiger partial charge in [0.25, 0.3) is 10.0 Å². The minimum absolute atomic E-state index is 0.0246. The predicted octanol–water partition coefficient (Wildman–Crippen LogP) is 4.23. The maximum Gasteiger partial charge on any atom is 0.258 e. The predicted molar refractivity (Wildman–Crippen MR) is 151 cm³/mol. The van der Waals surface area contributed by atoms with Gasteiger partial charge in [-0.05, 0) is 73.7 Å². The number of sulfonamides is 1. The van der Waals surface area contributed by atoms with Gasteiger partial charge >= 0.3 is 0 Å². The van der Waals surface area contributed by atoms with Crippen LogP contribution < -0.4 is 14.9 Å². The van der Waals surface area contributed by atoms with E-state index >= 15 is 0 Å². The topological polar surface area (TPSA) is 109 Å². The van der Waals surface area contributed by atoms with Gasteiger partial charge in [-0.3, -0.25) is 4.79 Å². The van der Waals surface area contributed by atoms with Gasteiger partial charge in [-0.2, -0.15) is 5.10 Å². The Morgan fingerprint density at radius 1 is 0.949 bits per heavy atom. The molecule has 9 nitrogen and oxygen atoms in total. The molecule has 1 fully saturated rings. The highest BCUT2D eigenvalue weighted by molar-refractivity contribution is 7.89.